The summed E-state index contributed by atoms with van der Waals surface area (Å²) >= 11 is 0. The molecule has 1 saturated carbocycles. The summed E-state index contributed by atoms with van der Waals surface area (Å²) in [5.41, 5.74) is 7.00. The lowest BCUT2D eigenvalue weighted by atomic mass is 10.1. The highest BCUT2D eigenvalue weighted by Gasteiger charge is 2.60. The van der Waals surface area contributed by atoms with Crippen LogP contribution in [0, 0.1) is 12.8 Å². The minimum absolute atomic E-state index is 0.156. The molecule has 6 rings (SSSR count). The van der Waals surface area contributed by atoms with E-state index in [9.17, 15) is 14.4 Å². The summed E-state index contributed by atoms with van der Waals surface area (Å²) in [6.45, 7) is 2.68. The highest BCUT2D eigenvalue weighted by atomic mass is 16.5. The van der Waals surface area contributed by atoms with Crippen molar-refractivity contribution in [3.8, 4) is 23.0 Å². The number of hydrogen-bond donors (Lipinski definition) is 2. The molecule has 2 fully saturated rings. The third kappa shape index (κ3) is 5.42. The first-order valence-electron chi connectivity index (χ1n) is 15.1. The molecule has 3 heterocycles. The van der Waals surface area contributed by atoms with Crippen molar-refractivity contribution in [3.05, 3.63) is 60.2 Å². The van der Waals surface area contributed by atoms with Gasteiger partial charge in [0.05, 0.1) is 24.6 Å². The Hall–Kier alpha value is -4.67. The molecule has 3 aromatic rings. The van der Waals surface area contributed by atoms with Crippen molar-refractivity contribution in [2.45, 2.75) is 56.7 Å². The molecule has 11 heteroatoms. The van der Waals surface area contributed by atoms with Crippen molar-refractivity contribution in [1.82, 2.24) is 25.1 Å². The van der Waals surface area contributed by atoms with E-state index in [1.807, 2.05) is 61.5 Å². The molecule has 3 aliphatic rings. The van der Waals surface area contributed by atoms with Crippen molar-refractivity contribution in [2.75, 3.05) is 27.2 Å². The zero-order chi connectivity index (χ0) is 31.0. The van der Waals surface area contributed by atoms with Gasteiger partial charge >= 0.3 is 6.03 Å². The highest BCUT2D eigenvalue weighted by molar-refractivity contribution is 5.97. The molecule has 1 aromatic heterocycles. The molecule has 0 spiro atoms. The van der Waals surface area contributed by atoms with Gasteiger partial charge in [0.1, 0.15) is 23.4 Å². The van der Waals surface area contributed by atoms with Gasteiger partial charge in [0.2, 0.25) is 17.7 Å². The van der Waals surface area contributed by atoms with Crippen LogP contribution < -0.4 is 20.5 Å². The number of ether oxygens (including phenoxy) is 2. The fraction of sp³-hybridized carbons (Fsp3) is 0.424. The number of nitrogens with one attached hydrogen (secondary N) is 1. The number of hydrogen-bond acceptors (Lipinski definition) is 7. The third-order valence-corrected chi connectivity index (χ3v) is 8.99. The van der Waals surface area contributed by atoms with Crippen molar-refractivity contribution in [1.29, 1.82) is 0 Å². The lowest BCUT2D eigenvalue weighted by Gasteiger charge is -2.30. The number of urea groups is 1. The Morgan fingerprint density at radius 1 is 1.11 bits per heavy atom. The monoisotopic (exact) mass is 598 g/mol. The summed E-state index contributed by atoms with van der Waals surface area (Å²) in [7, 11) is 3.36. The molecule has 4 unspecified atom stereocenters. The van der Waals surface area contributed by atoms with Crippen LogP contribution in [0.3, 0.4) is 0 Å². The standard InChI is InChI=1S/C33H38N6O5/c1-20-26(43-3)15-14-24-27(20)35-28(21-11-7-6-8-12-21)36-30(24)44-23-17-25-29(40)37-33(31(34)41)18-22(33)13-9-4-5-10-16-38(2)32(42)39(25)19-23/h6-9,11-15,22-23,25H,4-5,10,16-19H2,1-3H3,(H2,34,41)(H,37,40). The summed E-state index contributed by atoms with van der Waals surface area (Å²) < 4.78 is 12.1. The second-order valence-electron chi connectivity index (χ2n) is 11.9. The first-order valence-corrected chi connectivity index (χ1v) is 15.1. The van der Waals surface area contributed by atoms with E-state index < -0.39 is 29.5 Å². The van der Waals surface area contributed by atoms with Gasteiger partial charge in [-0.15, -0.1) is 0 Å². The maximum Gasteiger partial charge on any atom is 0.320 e. The van der Waals surface area contributed by atoms with E-state index in [2.05, 4.69) is 5.32 Å². The molecule has 2 aromatic carbocycles. The number of amides is 4. The van der Waals surface area contributed by atoms with E-state index in [1.54, 1.807) is 24.0 Å². The second kappa shape index (κ2) is 11.8. The topological polar surface area (TPSA) is 140 Å². The Balaban J connectivity index is 1.34. The van der Waals surface area contributed by atoms with E-state index in [0.29, 0.717) is 41.3 Å². The van der Waals surface area contributed by atoms with Crippen LogP contribution in [0.5, 0.6) is 11.6 Å². The van der Waals surface area contributed by atoms with Gasteiger partial charge in [0, 0.05) is 37.1 Å². The number of methoxy groups -OCH3 is 1. The summed E-state index contributed by atoms with van der Waals surface area (Å²) in [5.74, 6) is 0.405. The van der Waals surface area contributed by atoms with Crippen molar-refractivity contribution in [2.24, 2.45) is 11.7 Å². The van der Waals surface area contributed by atoms with Crippen LogP contribution in [0.1, 0.15) is 37.7 Å². The fourth-order valence-electron chi connectivity index (χ4n) is 6.31. The number of allylic oxidation sites excluding steroid dienone is 1. The number of nitrogens with zero attached hydrogens (tertiary/aromatic N) is 4. The molecule has 3 N–H and O–H groups in total. The number of rotatable bonds is 5. The molecule has 4 atom stereocenters. The van der Waals surface area contributed by atoms with Gasteiger partial charge < -0.3 is 30.3 Å². The van der Waals surface area contributed by atoms with Crippen LogP contribution in [0.15, 0.2) is 54.6 Å². The van der Waals surface area contributed by atoms with Gasteiger partial charge in [0.25, 0.3) is 0 Å². The number of aryl methyl sites for hydroxylation is 1. The number of carbonyl (C=O) groups is 3. The van der Waals surface area contributed by atoms with Crippen molar-refractivity contribution in [3.63, 3.8) is 0 Å². The first kappa shape index (κ1) is 29.4. The lowest BCUT2D eigenvalue weighted by molar-refractivity contribution is -0.130. The number of fused-ring (bicyclic) bond motifs is 3. The van der Waals surface area contributed by atoms with Gasteiger partial charge in [0.15, 0.2) is 5.82 Å². The molecule has 1 saturated heterocycles. The van der Waals surface area contributed by atoms with Crippen molar-refractivity contribution >= 4 is 28.7 Å². The van der Waals surface area contributed by atoms with Gasteiger partial charge in [-0.1, -0.05) is 42.5 Å². The van der Waals surface area contributed by atoms with Crippen LogP contribution in [0.4, 0.5) is 4.79 Å². The second-order valence-corrected chi connectivity index (χ2v) is 11.9. The Labute approximate surface area is 256 Å². The molecule has 0 bridgehead atoms. The summed E-state index contributed by atoms with van der Waals surface area (Å²) in [4.78, 5) is 52.8. The van der Waals surface area contributed by atoms with Crippen LogP contribution in [0.25, 0.3) is 22.3 Å². The third-order valence-electron chi connectivity index (χ3n) is 8.99. The molecule has 4 amide bonds. The van der Waals surface area contributed by atoms with Crippen LogP contribution in [-0.2, 0) is 9.59 Å². The molecule has 230 valence electrons. The van der Waals surface area contributed by atoms with E-state index in [0.717, 1.165) is 30.4 Å². The Bertz CT molecular complexity index is 1630. The SMILES string of the molecule is COc1ccc2c(OC3CC4C(=O)NC5(C(N)=O)CC5C=CCCCCN(C)C(=O)N4C3)nc(-c3ccccc3)nc2c1C. The quantitative estimate of drug-likeness (QED) is 0.428. The Morgan fingerprint density at radius 3 is 2.66 bits per heavy atom. The fourth-order valence-corrected chi connectivity index (χ4v) is 6.31. The average molecular weight is 599 g/mol. The Morgan fingerprint density at radius 2 is 1.91 bits per heavy atom. The molecular weight excluding hydrogens is 560 g/mol. The zero-order valence-corrected chi connectivity index (χ0v) is 25.3. The van der Waals surface area contributed by atoms with Crippen LogP contribution in [-0.4, -0.2) is 82.5 Å². The summed E-state index contributed by atoms with van der Waals surface area (Å²) in [5, 5.41) is 3.62. The molecule has 0 radical (unpaired) electrons. The maximum absolute atomic E-state index is 13.8. The number of carbonyl (C=O) groups excluding carboxylic acids is 3. The van der Waals surface area contributed by atoms with Crippen molar-refractivity contribution < 1.29 is 23.9 Å². The van der Waals surface area contributed by atoms with Gasteiger partial charge in [-0.25, -0.2) is 9.78 Å². The largest absolute Gasteiger partial charge is 0.496 e. The molecule has 11 nitrogen and oxygen atoms in total. The first-order chi connectivity index (χ1) is 21.2. The average Bonchev–Trinajstić information content (AvgIpc) is 3.56. The predicted octanol–water partition coefficient (Wildman–Crippen LogP) is 3.59. The van der Waals surface area contributed by atoms with E-state index >= 15 is 0 Å². The van der Waals surface area contributed by atoms with Crippen LogP contribution in [0.2, 0.25) is 0 Å². The highest BCUT2D eigenvalue weighted by Crippen LogP contribution is 2.45. The molecule has 44 heavy (non-hydrogen) atoms. The molecular formula is C33H38N6O5. The summed E-state index contributed by atoms with van der Waals surface area (Å²) in [6, 6.07) is 12.2. The summed E-state index contributed by atoms with van der Waals surface area (Å²) in [6.07, 6.45) is 6.70. The van der Waals surface area contributed by atoms with E-state index in [1.165, 1.54) is 0 Å². The molecule has 1 aliphatic carbocycles. The minimum Gasteiger partial charge on any atom is -0.496 e. The zero-order valence-electron chi connectivity index (χ0n) is 25.3. The number of benzene rings is 2. The van der Waals surface area contributed by atoms with Crippen LogP contribution >= 0.6 is 0 Å². The van der Waals surface area contributed by atoms with Gasteiger partial charge in [-0.2, -0.15) is 4.98 Å². The smallest absolute Gasteiger partial charge is 0.320 e. The number of primary amides is 1. The Kier molecular flexibility index (Phi) is 7.87. The van der Waals surface area contributed by atoms with E-state index in [-0.39, 0.29) is 24.9 Å². The predicted molar refractivity (Wildman–Crippen MR) is 165 cm³/mol. The number of aromatic nitrogens is 2. The molecule has 2 aliphatic heterocycles. The van der Waals surface area contributed by atoms with E-state index in [4.69, 9.17) is 25.2 Å². The maximum atomic E-state index is 13.8. The lowest BCUT2D eigenvalue weighted by Crippen LogP contribution is -2.56. The minimum atomic E-state index is -1.14. The van der Waals surface area contributed by atoms with Gasteiger partial charge in [-0.3, -0.25) is 9.59 Å². The normalized spacial score (nSPS) is 25.6. The number of nitrogens with two attached hydrogens (primary N) is 1. The van der Waals surface area contributed by atoms with Gasteiger partial charge in [-0.05, 0) is 44.7 Å².